The molecule has 0 saturated carbocycles. The Bertz CT molecular complexity index is 967. The second kappa shape index (κ2) is 15.6. The van der Waals surface area contributed by atoms with E-state index >= 15 is 0 Å². The Labute approximate surface area is 222 Å². The van der Waals surface area contributed by atoms with Gasteiger partial charge in [0.15, 0.2) is 0 Å². The van der Waals surface area contributed by atoms with Gasteiger partial charge in [-0.25, -0.2) is 4.79 Å². The summed E-state index contributed by atoms with van der Waals surface area (Å²) in [4.78, 5) is 62.1. The van der Waals surface area contributed by atoms with Crippen LogP contribution in [0.3, 0.4) is 0 Å². The molecule has 12 heteroatoms. The Kier molecular flexibility index (Phi) is 13.2. The minimum absolute atomic E-state index is 0.00506. The number of benzene rings is 1. The first-order chi connectivity index (χ1) is 17.7. The van der Waals surface area contributed by atoms with Crippen LogP contribution in [-0.2, 0) is 30.4 Å². The fourth-order valence-corrected chi connectivity index (χ4v) is 3.65. The SMILES string of the molecule is CCC(C)C(N)C(=O)NC(CC(C)C)C(=O)NC(CCC(N)=O)C(=O)NC(Cc1ccc(O)cc1)C(=O)O. The predicted molar refractivity (Wildman–Crippen MR) is 141 cm³/mol. The highest BCUT2D eigenvalue weighted by Crippen LogP contribution is 2.13. The minimum Gasteiger partial charge on any atom is -0.508 e. The number of carboxylic acids is 1. The third-order valence-corrected chi connectivity index (χ3v) is 6.20. The highest BCUT2D eigenvalue weighted by molar-refractivity contribution is 5.94. The van der Waals surface area contributed by atoms with Crippen molar-refractivity contribution in [2.45, 2.75) is 84.0 Å². The number of carboxylic acid groups (broad SMARTS) is 1. The van der Waals surface area contributed by atoms with E-state index in [2.05, 4.69) is 16.0 Å². The van der Waals surface area contributed by atoms with Gasteiger partial charge in [-0.2, -0.15) is 0 Å². The third kappa shape index (κ3) is 11.2. The van der Waals surface area contributed by atoms with Crippen LogP contribution >= 0.6 is 0 Å². The Hall–Kier alpha value is -3.67. The van der Waals surface area contributed by atoms with Gasteiger partial charge in [0.05, 0.1) is 6.04 Å². The molecule has 5 atom stereocenters. The molecular weight excluding hydrogens is 494 g/mol. The molecule has 1 rings (SSSR count). The van der Waals surface area contributed by atoms with E-state index in [1.807, 2.05) is 27.7 Å². The lowest BCUT2D eigenvalue weighted by molar-refractivity contribution is -0.142. The van der Waals surface area contributed by atoms with Crippen LogP contribution in [-0.4, -0.2) is 64.0 Å². The Morgan fingerprint density at radius 2 is 1.39 bits per heavy atom. The summed E-state index contributed by atoms with van der Waals surface area (Å²) in [5, 5.41) is 26.7. The molecule has 0 aliphatic rings. The largest absolute Gasteiger partial charge is 0.508 e. The van der Waals surface area contributed by atoms with Crippen LogP contribution in [0.1, 0.15) is 58.9 Å². The average Bonchev–Trinajstić information content (AvgIpc) is 2.85. The molecule has 1 aromatic carbocycles. The van der Waals surface area contributed by atoms with Crippen molar-refractivity contribution in [2.24, 2.45) is 23.3 Å². The predicted octanol–water partition coefficient (Wildman–Crippen LogP) is 0.159. The first-order valence-electron chi connectivity index (χ1n) is 12.7. The van der Waals surface area contributed by atoms with E-state index in [1.165, 1.54) is 24.3 Å². The monoisotopic (exact) mass is 535 g/mol. The highest BCUT2D eigenvalue weighted by Gasteiger charge is 2.31. The quantitative estimate of drug-likeness (QED) is 0.154. The Morgan fingerprint density at radius 1 is 0.868 bits per heavy atom. The molecule has 0 fully saturated rings. The first-order valence-corrected chi connectivity index (χ1v) is 12.7. The summed E-state index contributed by atoms with van der Waals surface area (Å²) in [5.41, 5.74) is 11.8. The number of aliphatic carboxylic acids is 1. The fourth-order valence-electron chi connectivity index (χ4n) is 3.65. The van der Waals surface area contributed by atoms with Gasteiger partial charge in [-0.3, -0.25) is 19.2 Å². The van der Waals surface area contributed by atoms with E-state index in [-0.39, 0.29) is 43.3 Å². The van der Waals surface area contributed by atoms with Crippen LogP contribution in [0.25, 0.3) is 0 Å². The number of hydrogen-bond acceptors (Lipinski definition) is 7. The number of phenols is 1. The molecule has 0 spiro atoms. The van der Waals surface area contributed by atoms with Crippen LogP contribution in [0, 0.1) is 11.8 Å². The molecule has 0 heterocycles. The average molecular weight is 536 g/mol. The van der Waals surface area contributed by atoms with Crippen molar-refractivity contribution in [3.8, 4) is 5.75 Å². The summed E-state index contributed by atoms with van der Waals surface area (Å²) >= 11 is 0. The number of nitrogens with two attached hydrogens (primary N) is 2. The third-order valence-electron chi connectivity index (χ3n) is 6.20. The molecule has 1 aromatic rings. The number of nitrogens with one attached hydrogen (secondary N) is 3. The number of carbonyl (C=O) groups excluding carboxylic acids is 4. The molecule has 5 unspecified atom stereocenters. The lowest BCUT2D eigenvalue weighted by Crippen LogP contribution is -2.58. The number of aromatic hydroxyl groups is 1. The number of amides is 4. The molecule has 4 amide bonds. The summed E-state index contributed by atoms with van der Waals surface area (Å²) in [6.07, 6.45) is 0.423. The molecule has 0 aromatic heterocycles. The maximum Gasteiger partial charge on any atom is 0.326 e. The number of primary amides is 1. The van der Waals surface area contributed by atoms with E-state index in [0.29, 0.717) is 12.0 Å². The Balaban J connectivity index is 3.07. The van der Waals surface area contributed by atoms with Gasteiger partial charge in [0.1, 0.15) is 23.9 Å². The normalized spacial score (nSPS) is 15.0. The molecular formula is C26H41N5O7. The van der Waals surface area contributed by atoms with Crippen molar-refractivity contribution in [1.29, 1.82) is 0 Å². The second-order valence-corrected chi connectivity index (χ2v) is 9.94. The molecule has 38 heavy (non-hydrogen) atoms. The van der Waals surface area contributed by atoms with Crippen molar-refractivity contribution in [3.05, 3.63) is 29.8 Å². The Morgan fingerprint density at radius 3 is 1.89 bits per heavy atom. The first kappa shape index (κ1) is 32.4. The van der Waals surface area contributed by atoms with Crippen molar-refractivity contribution in [1.82, 2.24) is 16.0 Å². The smallest absolute Gasteiger partial charge is 0.326 e. The van der Waals surface area contributed by atoms with Gasteiger partial charge in [0.2, 0.25) is 23.6 Å². The molecule has 0 aliphatic heterocycles. The van der Waals surface area contributed by atoms with E-state index in [1.54, 1.807) is 0 Å². The van der Waals surface area contributed by atoms with Gasteiger partial charge >= 0.3 is 5.97 Å². The number of rotatable bonds is 16. The summed E-state index contributed by atoms with van der Waals surface area (Å²) in [6.45, 7) is 7.44. The molecule has 0 saturated heterocycles. The summed E-state index contributed by atoms with van der Waals surface area (Å²) in [7, 11) is 0. The van der Waals surface area contributed by atoms with Gasteiger partial charge in [-0.05, 0) is 42.4 Å². The molecule has 0 aliphatic carbocycles. The maximum atomic E-state index is 13.2. The van der Waals surface area contributed by atoms with Gasteiger partial charge in [0.25, 0.3) is 0 Å². The zero-order valence-corrected chi connectivity index (χ0v) is 22.4. The number of phenolic OH excluding ortho intramolecular Hbond substituents is 1. The maximum absolute atomic E-state index is 13.2. The zero-order chi connectivity index (χ0) is 29.0. The van der Waals surface area contributed by atoms with E-state index in [4.69, 9.17) is 11.5 Å². The van der Waals surface area contributed by atoms with E-state index in [0.717, 1.165) is 0 Å². The number of carbonyl (C=O) groups is 5. The van der Waals surface area contributed by atoms with E-state index in [9.17, 15) is 34.2 Å². The zero-order valence-electron chi connectivity index (χ0n) is 22.4. The van der Waals surface area contributed by atoms with Crippen LogP contribution < -0.4 is 27.4 Å². The second-order valence-electron chi connectivity index (χ2n) is 9.94. The molecule has 212 valence electrons. The number of hydrogen-bond donors (Lipinski definition) is 7. The lowest BCUT2D eigenvalue weighted by Gasteiger charge is -2.27. The van der Waals surface area contributed by atoms with Gasteiger partial charge in [0, 0.05) is 12.8 Å². The molecule has 0 radical (unpaired) electrons. The molecule has 9 N–H and O–H groups in total. The van der Waals surface area contributed by atoms with Crippen LogP contribution in [0.2, 0.25) is 0 Å². The lowest BCUT2D eigenvalue weighted by atomic mass is 9.97. The van der Waals surface area contributed by atoms with Crippen LogP contribution in [0.5, 0.6) is 5.75 Å². The van der Waals surface area contributed by atoms with Crippen molar-refractivity contribution in [2.75, 3.05) is 0 Å². The van der Waals surface area contributed by atoms with Gasteiger partial charge < -0.3 is 37.6 Å². The minimum atomic E-state index is -1.35. The van der Waals surface area contributed by atoms with Crippen LogP contribution in [0.4, 0.5) is 0 Å². The summed E-state index contributed by atoms with van der Waals surface area (Å²) in [5.74, 6) is -4.11. The van der Waals surface area contributed by atoms with Crippen molar-refractivity contribution >= 4 is 29.6 Å². The molecule has 12 nitrogen and oxygen atoms in total. The summed E-state index contributed by atoms with van der Waals surface area (Å²) < 4.78 is 0. The molecule has 0 bridgehead atoms. The highest BCUT2D eigenvalue weighted by atomic mass is 16.4. The van der Waals surface area contributed by atoms with Gasteiger partial charge in [-0.15, -0.1) is 0 Å². The van der Waals surface area contributed by atoms with Gasteiger partial charge in [-0.1, -0.05) is 46.2 Å². The van der Waals surface area contributed by atoms with Crippen LogP contribution in [0.15, 0.2) is 24.3 Å². The topological polar surface area (TPSA) is 214 Å². The van der Waals surface area contributed by atoms with E-state index < -0.39 is 53.8 Å². The summed E-state index contributed by atoms with van der Waals surface area (Å²) in [6, 6.07) is 1.36. The van der Waals surface area contributed by atoms with Crippen molar-refractivity contribution < 1.29 is 34.2 Å². The van der Waals surface area contributed by atoms with Crippen molar-refractivity contribution in [3.63, 3.8) is 0 Å². The standard InChI is InChI=1S/C26H41N5O7/c1-5-15(4)22(28)25(36)30-19(12-14(2)3)24(35)29-18(10-11-21(27)33)23(34)31-20(26(37)38)13-16-6-8-17(32)9-7-16/h6-9,14-15,18-20,22,32H,5,10-13,28H2,1-4H3,(H2,27,33)(H,29,35)(H,30,36)(H,31,34)(H,37,38). The fraction of sp³-hybridized carbons (Fsp3) is 0.577.